The topological polar surface area (TPSA) is 91.4 Å². The van der Waals surface area contributed by atoms with Crippen LogP contribution in [-0.4, -0.2) is 54.0 Å². The molecule has 6 rings (SSSR count). The van der Waals surface area contributed by atoms with Crippen LogP contribution < -0.4 is 0 Å². The van der Waals surface area contributed by atoms with Gasteiger partial charge in [-0.3, -0.25) is 4.90 Å². The van der Waals surface area contributed by atoms with Crippen molar-refractivity contribution in [3.63, 3.8) is 0 Å². The molecule has 242 valence electrons. The van der Waals surface area contributed by atoms with Crippen LogP contribution in [0.2, 0.25) is 0 Å². The lowest BCUT2D eigenvalue weighted by Crippen LogP contribution is -2.50. The molecule has 0 saturated carbocycles. The minimum Gasteiger partial charge on any atom is -0.459 e. The molecule has 0 bridgehead atoms. The Balaban J connectivity index is 1.38. The summed E-state index contributed by atoms with van der Waals surface area (Å²) in [6.07, 6.45) is -3.23. The van der Waals surface area contributed by atoms with Crippen LogP contribution in [0.1, 0.15) is 42.2 Å². The van der Waals surface area contributed by atoms with Crippen molar-refractivity contribution in [1.82, 2.24) is 4.90 Å². The smallest absolute Gasteiger partial charge is 0.340 e. The molecule has 3 unspecified atom stereocenters. The molecule has 1 heterocycles. The van der Waals surface area contributed by atoms with E-state index in [1.807, 2.05) is 66.7 Å². The van der Waals surface area contributed by atoms with Crippen LogP contribution in [0.15, 0.2) is 152 Å². The molecule has 0 radical (unpaired) electrons. The third-order valence-corrected chi connectivity index (χ3v) is 8.05. The van der Waals surface area contributed by atoms with Gasteiger partial charge in [-0.2, -0.15) is 0 Å². The van der Waals surface area contributed by atoms with E-state index in [9.17, 15) is 14.4 Å². The SMILES string of the molecule is O=C(OC[C@H]1OC(OC(=O)c2ccccc2)C(OC(=O)c2ccccc2)C1N(Cc1ccccc1)Cc1ccccc1)c1ccccc1. The Morgan fingerprint density at radius 3 is 1.38 bits per heavy atom. The van der Waals surface area contributed by atoms with Crippen molar-refractivity contribution in [3.05, 3.63) is 179 Å². The van der Waals surface area contributed by atoms with Crippen molar-refractivity contribution in [2.75, 3.05) is 6.61 Å². The van der Waals surface area contributed by atoms with E-state index in [4.69, 9.17) is 18.9 Å². The lowest BCUT2D eigenvalue weighted by atomic mass is 10.0. The molecule has 0 aliphatic carbocycles. The summed E-state index contributed by atoms with van der Waals surface area (Å²) in [4.78, 5) is 42.2. The molecule has 0 aromatic heterocycles. The van der Waals surface area contributed by atoms with Gasteiger partial charge in [-0.1, -0.05) is 115 Å². The summed E-state index contributed by atoms with van der Waals surface area (Å²) >= 11 is 0. The number of esters is 3. The van der Waals surface area contributed by atoms with E-state index in [-0.39, 0.29) is 6.61 Å². The van der Waals surface area contributed by atoms with Crippen molar-refractivity contribution < 1.29 is 33.3 Å². The average molecular weight is 642 g/mol. The number of rotatable bonds is 12. The minimum absolute atomic E-state index is 0.183. The van der Waals surface area contributed by atoms with E-state index in [0.29, 0.717) is 29.8 Å². The van der Waals surface area contributed by atoms with Crippen LogP contribution >= 0.6 is 0 Å². The van der Waals surface area contributed by atoms with Gasteiger partial charge in [0, 0.05) is 13.1 Å². The number of hydrogen-bond donors (Lipinski definition) is 0. The maximum atomic E-state index is 13.6. The second-order valence-corrected chi connectivity index (χ2v) is 11.4. The number of ether oxygens (including phenoxy) is 4. The maximum Gasteiger partial charge on any atom is 0.340 e. The molecule has 1 saturated heterocycles. The van der Waals surface area contributed by atoms with Gasteiger partial charge in [-0.25, -0.2) is 14.4 Å². The van der Waals surface area contributed by atoms with E-state index < -0.39 is 42.4 Å². The number of carbonyl (C=O) groups is 3. The highest BCUT2D eigenvalue weighted by molar-refractivity contribution is 5.90. The first kappa shape index (κ1) is 32.4. The van der Waals surface area contributed by atoms with E-state index >= 15 is 0 Å². The quantitative estimate of drug-likeness (QED) is 0.110. The largest absolute Gasteiger partial charge is 0.459 e. The summed E-state index contributed by atoms with van der Waals surface area (Å²) < 4.78 is 24.4. The Morgan fingerprint density at radius 1 is 0.521 bits per heavy atom. The van der Waals surface area contributed by atoms with E-state index in [2.05, 4.69) is 4.90 Å². The van der Waals surface area contributed by atoms with Crippen LogP contribution in [0.3, 0.4) is 0 Å². The summed E-state index contributed by atoms with van der Waals surface area (Å²) in [7, 11) is 0. The molecule has 8 heteroatoms. The first-order valence-corrected chi connectivity index (χ1v) is 15.8. The Hall–Kier alpha value is -5.57. The Kier molecular flexibility index (Phi) is 10.7. The Bertz CT molecular complexity index is 1730. The third-order valence-electron chi connectivity index (χ3n) is 8.05. The van der Waals surface area contributed by atoms with Crippen molar-refractivity contribution >= 4 is 17.9 Å². The van der Waals surface area contributed by atoms with Crippen molar-refractivity contribution in [1.29, 1.82) is 0 Å². The molecule has 0 N–H and O–H groups in total. The van der Waals surface area contributed by atoms with Gasteiger partial charge in [0.2, 0.25) is 6.29 Å². The average Bonchev–Trinajstić information content (AvgIpc) is 3.47. The number of nitrogens with zero attached hydrogens (tertiary/aromatic N) is 1. The molecule has 4 atom stereocenters. The summed E-state index contributed by atoms with van der Waals surface area (Å²) in [5, 5.41) is 0. The van der Waals surface area contributed by atoms with Crippen molar-refractivity contribution in [2.45, 2.75) is 37.6 Å². The summed E-state index contributed by atoms with van der Waals surface area (Å²) in [5.74, 6) is -1.77. The molecule has 1 fully saturated rings. The zero-order chi connectivity index (χ0) is 33.1. The highest BCUT2D eigenvalue weighted by Crippen LogP contribution is 2.33. The second kappa shape index (κ2) is 15.8. The first-order chi connectivity index (χ1) is 23.5. The standard InChI is InChI=1S/C40H35NO7/c42-37(31-20-10-3-11-21-31)45-28-34-35(41(26-29-16-6-1-7-17-29)27-30-18-8-2-9-19-30)36(47-38(43)32-22-12-4-13-23-32)40(46-34)48-39(44)33-24-14-5-15-25-33/h1-25,34-36,40H,26-28H2/t34-,35?,36?,40?/m1/s1. The zero-order valence-electron chi connectivity index (χ0n) is 26.2. The lowest BCUT2D eigenvalue weighted by molar-refractivity contribution is -0.141. The fourth-order valence-electron chi connectivity index (χ4n) is 5.74. The molecule has 0 spiro atoms. The number of benzene rings is 5. The lowest BCUT2D eigenvalue weighted by Gasteiger charge is -2.35. The molecule has 5 aromatic carbocycles. The molecule has 0 amide bonds. The van der Waals surface area contributed by atoms with Gasteiger partial charge < -0.3 is 18.9 Å². The van der Waals surface area contributed by atoms with Gasteiger partial charge in [0.25, 0.3) is 0 Å². The predicted molar refractivity (Wildman–Crippen MR) is 179 cm³/mol. The molecular formula is C40H35NO7. The fourth-order valence-corrected chi connectivity index (χ4v) is 5.74. The molecule has 1 aliphatic rings. The fraction of sp³-hybridized carbons (Fsp3) is 0.175. The molecule has 5 aromatic rings. The summed E-state index contributed by atoms with van der Waals surface area (Å²) in [6.45, 7) is 0.689. The first-order valence-electron chi connectivity index (χ1n) is 15.8. The normalized spacial score (nSPS) is 18.6. The monoisotopic (exact) mass is 641 g/mol. The summed E-state index contributed by atoms with van der Waals surface area (Å²) in [5.41, 5.74) is 3.05. The van der Waals surface area contributed by atoms with Gasteiger partial charge >= 0.3 is 17.9 Å². The van der Waals surface area contributed by atoms with Crippen LogP contribution in [0, 0.1) is 0 Å². The molecular weight excluding hydrogens is 606 g/mol. The van der Waals surface area contributed by atoms with Gasteiger partial charge in [-0.15, -0.1) is 0 Å². The zero-order valence-corrected chi connectivity index (χ0v) is 26.2. The Labute approximate surface area is 279 Å². The molecule has 48 heavy (non-hydrogen) atoms. The number of hydrogen-bond acceptors (Lipinski definition) is 8. The van der Waals surface area contributed by atoms with Gasteiger partial charge in [0.05, 0.1) is 22.7 Å². The van der Waals surface area contributed by atoms with Crippen LogP contribution in [0.4, 0.5) is 0 Å². The predicted octanol–water partition coefficient (Wildman–Crippen LogP) is 6.72. The van der Waals surface area contributed by atoms with E-state index in [1.54, 1.807) is 84.9 Å². The van der Waals surface area contributed by atoms with Crippen molar-refractivity contribution in [2.24, 2.45) is 0 Å². The third kappa shape index (κ3) is 8.22. The summed E-state index contributed by atoms with van der Waals surface area (Å²) in [6, 6.07) is 44.9. The molecule has 1 aliphatic heterocycles. The van der Waals surface area contributed by atoms with Gasteiger partial charge in [-0.05, 0) is 47.5 Å². The minimum atomic E-state index is -1.30. The Morgan fingerprint density at radius 2 is 0.917 bits per heavy atom. The van der Waals surface area contributed by atoms with E-state index in [0.717, 1.165) is 11.1 Å². The number of carbonyl (C=O) groups excluding carboxylic acids is 3. The highest BCUT2D eigenvalue weighted by Gasteiger charge is 2.52. The van der Waals surface area contributed by atoms with Crippen LogP contribution in [0.25, 0.3) is 0 Å². The van der Waals surface area contributed by atoms with Crippen molar-refractivity contribution in [3.8, 4) is 0 Å². The maximum absolute atomic E-state index is 13.6. The van der Waals surface area contributed by atoms with E-state index in [1.165, 1.54) is 0 Å². The second-order valence-electron chi connectivity index (χ2n) is 11.4. The highest BCUT2D eigenvalue weighted by atomic mass is 16.7. The molecule has 8 nitrogen and oxygen atoms in total. The van der Waals surface area contributed by atoms with Gasteiger partial charge in [0.1, 0.15) is 12.7 Å². The van der Waals surface area contributed by atoms with Crippen LogP contribution in [0.5, 0.6) is 0 Å². The van der Waals surface area contributed by atoms with Crippen LogP contribution in [-0.2, 0) is 32.0 Å². The van der Waals surface area contributed by atoms with Gasteiger partial charge in [0.15, 0.2) is 6.10 Å².